The maximum absolute atomic E-state index is 12.7. The molecule has 1 aliphatic heterocycles. The van der Waals surface area contributed by atoms with Crippen LogP contribution in [0.4, 0.5) is 11.4 Å². The fraction of sp³-hybridized carbons (Fsp3) is 0.231. The van der Waals surface area contributed by atoms with E-state index in [1.54, 1.807) is 24.3 Å². The normalized spacial score (nSPS) is 13.5. The molecule has 0 saturated carbocycles. The molecule has 0 aromatic heterocycles. The summed E-state index contributed by atoms with van der Waals surface area (Å²) in [6, 6.07) is 22.3. The number of anilines is 2. The number of carbonyl (C=O) groups excluding carboxylic acids is 2. The first-order valence-corrected chi connectivity index (χ1v) is 11.2. The van der Waals surface area contributed by atoms with E-state index in [2.05, 4.69) is 10.2 Å². The average molecular weight is 464 g/mol. The van der Waals surface area contributed by atoms with Crippen molar-refractivity contribution in [1.29, 1.82) is 0 Å². The molecule has 4 rings (SSSR count). The van der Waals surface area contributed by atoms with Crippen LogP contribution in [0.1, 0.15) is 15.9 Å². The van der Waals surface area contributed by atoms with Gasteiger partial charge in [0, 0.05) is 48.1 Å². The number of carbonyl (C=O) groups is 2. The zero-order chi connectivity index (χ0) is 23.2. The molecule has 7 heteroatoms. The lowest BCUT2D eigenvalue weighted by atomic mass is 10.1. The van der Waals surface area contributed by atoms with Gasteiger partial charge in [0.1, 0.15) is 5.75 Å². The van der Waals surface area contributed by atoms with Crippen molar-refractivity contribution >= 4 is 34.8 Å². The number of piperazine rings is 1. The summed E-state index contributed by atoms with van der Waals surface area (Å²) in [6.07, 6.45) is 0. The third-order valence-electron chi connectivity index (χ3n) is 5.57. The molecule has 1 saturated heterocycles. The van der Waals surface area contributed by atoms with Gasteiger partial charge in [-0.1, -0.05) is 29.3 Å². The molecule has 0 radical (unpaired) electrons. The van der Waals surface area contributed by atoms with Crippen molar-refractivity contribution < 1.29 is 14.3 Å². The highest BCUT2D eigenvalue weighted by molar-refractivity contribution is 6.30. The minimum Gasteiger partial charge on any atom is -0.484 e. The van der Waals surface area contributed by atoms with Gasteiger partial charge in [-0.15, -0.1) is 0 Å². The predicted molar refractivity (Wildman–Crippen MR) is 131 cm³/mol. The Morgan fingerprint density at radius 3 is 2.15 bits per heavy atom. The van der Waals surface area contributed by atoms with Gasteiger partial charge in [-0.2, -0.15) is 0 Å². The molecule has 1 N–H and O–H groups in total. The zero-order valence-corrected chi connectivity index (χ0v) is 19.2. The number of aryl methyl sites for hydroxylation is 1. The van der Waals surface area contributed by atoms with Crippen LogP contribution < -0.4 is 15.0 Å². The maximum Gasteiger partial charge on any atom is 0.262 e. The van der Waals surface area contributed by atoms with E-state index >= 15 is 0 Å². The zero-order valence-electron chi connectivity index (χ0n) is 18.5. The van der Waals surface area contributed by atoms with Crippen LogP contribution in [0.2, 0.25) is 5.02 Å². The van der Waals surface area contributed by atoms with Crippen LogP contribution in [0, 0.1) is 6.92 Å². The van der Waals surface area contributed by atoms with Crippen molar-refractivity contribution in [3.05, 3.63) is 88.9 Å². The molecule has 2 amide bonds. The van der Waals surface area contributed by atoms with Crippen LogP contribution in [0.15, 0.2) is 72.8 Å². The SMILES string of the molecule is Cc1ccc(C(=O)N2CCN(c3ccc(NC(=O)COc4ccc(Cl)cc4)cc3)CC2)cc1. The van der Waals surface area contributed by atoms with Gasteiger partial charge in [0.05, 0.1) is 0 Å². The Morgan fingerprint density at radius 1 is 0.879 bits per heavy atom. The fourth-order valence-corrected chi connectivity index (χ4v) is 3.80. The van der Waals surface area contributed by atoms with Gasteiger partial charge < -0.3 is 19.9 Å². The van der Waals surface area contributed by atoms with E-state index in [0.29, 0.717) is 29.5 Å². The second-order valence-corrected chi connectivity index (χ2v) is 8.42. The Hall–Kier alpha value is -3.51. The molecular formula is C26H26ClN3O3. The number of rotatable bonds is 6. The van der Waals surface area contributed by atoms with Crippen molar-refractivity contribution in [2.45, 2.75) is 6.92 Å². The highest BCUT2D eigenvalue weighted by Crippen LogP contribution is 2.21. The first kappa shape index (κ1) is 22.7. The van der Waals surface area contributed by atoms with Crippen molar-refractivity contribution in [2.24, 2.45) is 0 Å². The predicted octanol–water partition coefficient (Wildman–Crippen LogP) is 4.63. The number of hydrogen-bond donors (Lipinski definition) is 1. The lowest BCUT2D eigenvalue weighted by molar-refractivity contribution is -0.118. The number of halogens is 1. The van der Waals surface area contributed by atoms with Gasteiger partial charge in [0.2, 0.25) is 0 Å². The summed E-state index contributed by atoms with van der Waals surface area (Å²) in [4.78, 5) is 29.0. The number of hydrogen-bond acceptors (Lipinski definition) is 4. The molecule has 3 aromatic rings. The molecule has 0 unspecified atom stereocenters. The van der Waals surface area contributed by atoms with E-state index in [-0.39, 0.29) is 18.4 Å². The Labute approximate surface area is 198 Å². The minimum atomic E-state index is -0.235. The molecular weight excluding hydrogens is 438 g/mol. The highest BCUT2D eigenvalue weighted by atomic mass is 35.5. The van der Waals surface area contributed by atoms with Gasteiger partial charge in [0.15, 0.2) is 6.61 Å². The minimum absolute atomic E-state index is 0.0773. The summed E-state index contributed by atoms with van der Waals surface area (Å²) < 4.78 is 5.47. The third kappa shape index (κ3) is 6.05. The summed E-state index contributed by atoms with van der Waals surface area (Å²) in [6.45, 7) is 4.80. The van der Waals surface area contributed by atoms with Crippen molar-refractivity contribution in [3.8, 4) is 5.75 Å². The second kappa shape index (κ2) is 10.4. The molecule has 1 fully saturated rings. The summed E-state index contributed by atoms with van der Waals surface area (Å²) in [5, 5.41) is 3.45. The highest BCUT2D eigenvalue weighted by Gasteiger charge is 2.22. The molecule has 170 valence electrons. The molecule has 0 spiro atoms. The second-order valence-electron chi connectivity index (χ2n) is 7.98. The van der Waals surface area contributed by atoms with E-state index in [4.69, 9.17) is 16.3 Å². The van der Waals surface area contributed by atoms with Gasteiger partial charge >= 0.3 is 0 Å². The van der Waals surface area contributed by atoms with Crippen molar-refractivity contribution in [1.82, 2.24) is 4.90 Å². The molecule has 3 aromatic carbocycles. The summed E-state index contributed by atoms with van der Waals surface area (Å²) >= 11 is 5.85. The Balaban J connectivity index is 1.25. The number of benzene rings is 3. The van der Waals surface area contributed by atoms with Crippen molar-refractivity contribution in [3.63, 3.8) is 0 Å². The summed E-state index contributed by atoms with van der Waals surface area (Å²) in [5.74, 6) is 0.430. The summed E-state index contributed by atoms with van der Waals surface area (Å²) in [5.41, 5.74) is 3.64. The lowest BCUT2D eigenvalue weighted by Crippen LogP contribution is -2.48. The molecule has 1 heterocycles. The molecule has 33 heavy (non-hydrogen) atoms. The molecule has 1 aliphatic rings. The van der Waals surface area contributed by atoms with Gasteiger partial charge in [-0.25, -0.2) is 0 Å². The van der Waals surface area contributed by atoms with Gasteiger partial charge in [-0.3, -0.25) is 9.59 Å². The van der Waals surface area contributed by atoms with E-state index in [1.807, 2.05) is 60.4 Å². The average Bonchev–Trinajstić information content (AvgIpc) is 2.84. The van der Waals surface area contributed by atoms with Crippen molar-refractivity contribution in [2.75, 3.05) is 43.0 Å². The van der Waals surface area contributed by atoms with E-state index in [0.717, 1.165) is 29.9 Å². The Morgan fingerprint density at radius 2 is 1.52 bits per heavy atom. The molecule has 0 atom stereocenters. The standard InChI is InChI=1S/C26H26ClN3O3/c1-19-2-4-20(5-3-19)26(32)30-16-14-29(15-17-30)23-10-8-22(9-11-23)28-25(31)18-33-24-12-6-21(27)7-13-24/h2-13H,14-18H2,1H3,(H,28,31). The van der Waals surface area contributed by atoms with E-state index in [9.17, 15) is 9.59 Å². The molecule has 0 bridgehead atoms. The largest absolute Gasteiger partial charge is 0.484 e. The number of nitrogens with one attached hydrogen (secondary N) is 1. The van der Waals surface area contributed by atoms with E-state index < -0.39 is 0 Å². The van der Waals surface area contributed by atoms with Crippen LogP contribution in [0.25, 0.3) is 0 Å². The number of nitrogens with zero attached hydrogens (tertiary/aromatic N) is 2. The number of amides is 2. The molecule has 6 nitrogen and oxygen atoms in total. The van der Waals surface area contributed by atoms with Gasteiger partial charge in [-0.05, 0) is 67.6 Å². The van der Waals surface area contributed by atoms with Crippen LogP contribution in [-0.2, 0) is 4.79 Å². The third-order valence-corrected chi connectivity index (χ3v) is 5.82. The quantitative estimate of drug-likeness (QED) is 0.579. The van der Waals surface area contributed by atoms with Gasteiger partial charge in [0.25, 0.3) is 11.8 Å². The van der Waals surface area contributed by atoms with Crippen LogP contribution in [0.3, 0.4) is 0 Å². The monoisotopic (exact) mass is 463 g/mol. The topological polar surface area (TPSA) is 61.9 Å². The van der Waals surface area contributed by atoms with Crippen LogP contribution >= 0.6 is 11.6 Å². The Bertz CT molecular complexity index is 1090. The lowest BCUT2D eigenvalue weighted by Gasteiger charge is -2.36. The van der Waals surface area contributed by atoms with Crippen LogP contribution in [-0.4, -0.2) is 49.5 Å². The maximum atomic E-state index is 12.7. The number of ether oxygens (including phenoxy) is 1. The van der Waals surface area contributed by atoms with Crippen LogP contribution in [0.5, 0.6) is 5.75 Å². The smallest absolute Gasteiger partial charge is 0.262 e. The Kier molecular flexibility index (Phi) is 7.15. The fourth-order valence-electron chi connectivity index (χ4n) is 3.68. The van der Waals surface area contributed by atoms with E-state index in [1.165, 1.54) is 0 Å². The molecule has 0 aliphatic carbocycles. The first-order chi connectivity index (χ1) is 16.0. The first-order valence-electron chi connectivity index (χ1n) is 10.9. The summed E-state index contributed by atoms with van der Waals surface area (Å²) in [7, 11) is 0.